The summed E-state index contributed by atoms with van der Waals surface area (Å²) in [5.74, 6) is 0.442. The lowest BCUT2D eigenvalue weighted by Crippen LogP contribution is -2.42. The average molecular weight is 370 g/mol. The van der Waals surface area contributed by atoms with Gasteiger partial charge < -0.3 is 9.47 Å². The highest BCUT2D eigenvalue weighted by atomic mass is 16.5. The van der Waals surface area contributed by atoms with Crippen molar-refractivity contribution in [2.45, 2.75) is 32.6 Å². The van der Waals surface area contributed by atoms with Crippen molar-refractivity contribution in [3.05, 3.63) is 59.2 Å². The van der Waals surface area contributed by atoms with Crippen LogP contribution in [0.4, 0.5) is 0 Å². The molecule has 2 N–H and O–H groups in total. The van der Waals surface area contributed by atoms with E-state index in [0.717, 1.165) is 11.1 Å². The summed E-state index contributed by atoms with van der Waals surface area (Å²) in [6.45, 7) is 6.32. The minimum absolute atomic E-state index is 0.0165. The van der Waals surface area contributed by atoms with Gasteiger partial charge in [-0.25, -0.2) is 0 Å². The third kappa shape index (κ3) is 5.48. The average Bonchev–Trinajstić information content (AvgIpc) is 2.65. The largest absolute Gasteiger partial charge is 0.493 e. The van der Waals surface area contributed by atoms with Crippen LogP contribution in [0.2, 0.25) is 0 Å². The van der Waals surface area contributed by atoms with E-state index in [4.69, 9.17) is 9.47 Å². The molecule has 0 saturated heterocycles. The van der Waals surface area contributed by atoms with Crippen LogP contribution in [0.5, 0.6) is 11.5 Å². The third-order valence-corrected chi connectivity index (χ3v) is 4.14. The quantitative estimate of drug-likeness (QED) is 0.794. The highest BCUT2D eigenvalue weighted by Gasteiger charge is 2.15. The lowest BCUT2D eigenvalue weighted by Gasteiger charge is -2.19. The molecule has 0 aliphatic heterocycles. The zero-order chi connectivity index (χ0) is 20.0. The number of carbonyl (C=O) groups excluding carboxylic acids is 2. The molecular formula is C21H26N2O4. The molecule has 0 heterocycles. The van der Waals surface area contributed by atoms with Crippen LogP contribution in [0.15, 0.2) is 42.5 Å². The first-order valence-corrected chi connectivity index (χ1v) is 8.65. The van der Waals surface area contributed by atoms with Gasteiger partial charge in [0.25, 0.3) is 5.91 Å². The van der Waals surface area contributed by atoms with Crippen LogP contribution in [0.1, 0.15) is 42.3 Å². The minimum atomic E-state index is -0.365. The van der Waals surface area contributed by atoms with E-state index in [1.54, 1.807) is 37.4 Å². The van der Waals surface area contributed by atoms with Gasteiger partial charge in [-0.15, -0.1) is 0 Å². The summed E-state index contributed by atoms with van der Waals surface area (Å²) in [4.78, 5) is 24.3. The van der Waals surface area contributed by atoms with Crippen molar-refractivity contribution in [3.63, 3.8) is 0 Å². The second-order valence-corrected chi connectivity index (χ2v) is 7.20. The van der Waals surface area contributed by atoms with E-state index in [-0.39, 0.29) is 23.7 Å². The van der Waals surface area contributed by atoms with Gasteiger partial charge in [-0.3, -0.25) is 20.4 Å². The number of hydrazine groups is 1. The van der Waals surface area contributed by atoms with Gasteiger partial charge in [0.2, 0.25) is 5.91 Å². The molecular weight excluding hydrogens is 344 g/mol. The Kier molecular flexibility index (Phi) is 6.45. The van der Waals surface area contributed by atoms with Gasteiger partial charge in [-0.2, -0.15) is 0 Å². The summed E-state index contributed by atoms with van der Waals surface area (Å²) >= 11 is 0. The van der Waals surface area contributed by atoms with Crippen molar-refractivity contribution in [1.82, 2.24) is 10.9 Å². The van der Waals surface area contributed by atoms with Gasteiger partial charge in [0, 0.05) is 5.56 Å². The summed E-state index contributed by atoms with van der Waals surface area (Å²) in [6.07, 6.45) is 0.101. The van der Waals surface area contributed by atoms with E-state index in [1.165, 1.54) is 7.11 Å². The van der Waals surface area contributed by atoms with Crippen LogP contribution in [0, 0.1) is 0 Å². The smallest absolute Gasteiger partial charge is 0.269 e. The van der Waals surface area contributed by atoms with Crippen LogP contribution in [-0.2, 0) is 16.6 Å². The number of rotatable bonds is 5. The molecule has 2 amide bonds. The second-order valence-electron chi connectivity index (χ2n) is 7.20. The van der Waals surface area contributed by atoms with Gasteiger partial charge in [-0.1, -0.05) is 39.0 Å². The number of amides is 2. The molecule has 0 aliphatic carbocycles. The van der Waals surface area contributed by atoms with Gasteiger partial charge in [-0.05, 0) is 40.8 Å². The Morgan fingerprint density at radius 3 is 2.07 bits per heavy atom. The molecule has 0 saturated carbocycles. The maximum absolute atomic E-state index is 12.2. The van der Waals surface area contributed by atoms with Crippen molar-refractivity contribution in [3.8, 4) is 11.5 Å². The molecule has 2 aromatic rings. The van der Waals surface area contributed by atoms with Crippen LogP contribution < -0.4 is 20.3 Å². The van der Waals surface area contributed by atoms with Gasteiger partial charge in [0.1, 0.15) is 0 Å². The number of ether oxygens (including phenoxy) is 2. The zero-order valence-corrected chi connectivity index (χ0v) is 16.4. The maximum Gasteiger partial charge on any atom is 0.269 e. The van der Waals surface area contributed by atoms with E-state index < -0.39 is 0 Å². The van der Waals surface area contributed by atoms with Gasteiger partial charge >= 0.3 is 0 Å². The Morgan fingerprint density at radius 2 is 1.52 bits per heavy atom. The standard InChI is InChI=1S/C21H26N2O4/c1-21(2,3)16-9-7-15(8-10-16)20(25)23-22-19(24)13-14-6-11-17(26-4)18(12-14)27-5/h6-12H,13H2,1-5H3,(H,22,24)(H,23,25). The molecule has 144 valence electrons. The predicted octanol–water partition coefficient (Wildman–Crippen LogP) is 3.01. The van der Waals surface area contributed by atoms with Crippen molar-refractivity contribution >= 4 is 11.8 Å². The van der Waals surface area contributed by atoms with Crippen LogP contribution in [0.25, 0.3) is 0 Å². The Bertz CT molecular complexity index is 808. The van der Waals surface area contributed by atoms with E-state index in [2.05, 4.69) is 31.6 Å². The third-order valence-electron chi connectivity index (χ3n) is 4.14. The highest BCUT2D eigenvalue weighted by Crippen LogP contribution is 2.27. The fourth-order valence-corrected chi connectivity index (χ4v) is 2.54. The van der Waals surface area contributed by atoms with Crippen molar-refractivity contribution in [2.24, 2.45) is 0 Å². The predicted molar refractivity (Wildman–Crippen MR) is 104 cm³/mol. The first-order chi connectivity index (χ1) is 12.7. The summed E-state index contributed by atoms with van der Waals surface area (Å²) in [7, 11) is 3.08. The van der Waals surface area contributed by atoms with E-state index in [1.807, 2.05) is 12.1 Å². The van der Waals surface area contributed by atoms with Gasteiger partial charge in [0.05, 0.1) is 20.6 Å². The lowest BCUT2D eigenvalue weighted by atomic mass is 9.87. The SMILES string of the molecule is COc1ccc(CC(=O)NNC(=O)c2ccc(C(C)(C)C)cc2)cc1OC. The van der Waals surface area contributed by atoms with Crippen LogP contribution in [-0.4, -0.2) is 26.0 Å². The van der Waals surface area contributed by atoms with E-state index >= 15 is 0 Å². The van der Waals surface area contributed by atoms with E-state index in [0.29, 0.717) is 17.1 Å². The molecule has 0 radical (unpaired) electrons. The monoisotopic (exact) mass is 370 g/mol. The van der Waals surface area contributed by atoms with Crippen LogP contribution >= 0.6 is 0 Å². The fourth-order valence-electron chi connectivity index (χ4n) is 2.54. The normalized spacial score (nSPS) is 10.9. The summed E-state index contributed by atoms with van der Waals surface area (Å²) in [6, 6.07) is 12.6. The van der Waals surface area contributed by atoms with Crippen molar-refractivity contribution in [2.75, 3.05) is 14.2 Å². The molecule has 2 rings (SSSR count). The Balaban J connectivity index is 1.92. The summed E-state index contributed by atoms with van der Waals surface area (Å²) < 4.78 is 10.4. The molecule has 0 spiro atoms. The topological polar surface area (TPSA) is 76.7 Å². The first-order valence-electron chi connectivity index (χ1n) is 8.65. The second kappa shape index (κ2) is 8.58. The summed E-state index contributed by atoms with van der Waals surface area (Å²) in [5, 5.41) is 0. The lowest BCUT2D eigenvalue weighted by molar-refractivity contribution is -0.121. The Morgan fingerprint density at radius 1 is 0.889 bits per heavy atom. The van der Waals surface area contributed by atoms with Crippen LogP contribution in [0.3, 0.4) is 0 Å². The zero-order valence-electron chi connectivity index (χ0n) is 16.4. The van der Waals surface area contributed by atoms with Gasteiger partial charge in [0.15, 0.2) is 11.5 Å². The number of benzene rings is 2. The Hall–Kier alpha value is -3.02. The molecule has 27 heavy (non-hydrogen) atoms. The molecule has 6 heteroatoms. The van der Waals surface area contributed by atoms with Crippen molar-refractivity contribution < 1.29 is 19.1 Å². The first kappa shape index (κ1) is 20.3. The fraction of sp³-hybridized carbons (Fsp3) is 0.333. The van der Waals surface area contributed by atoms with E-state index in [9.17, 15) is 9.59 Å². The number of hydrogen-bond acceptors (Lipinski definition) is 4. The molecule has 0 aliphatic rings. The molecule has 0 bridgehead atoms. The molecule has 0 unspecified atom stereocenters. The van der Waals surface area contributed by atoms with Crippen molar-refractivity contribution in [1.29, 1.82) is 0 Å². The minimum Gasteiger partial charge on any atom is -0.493 e. The molecule has 6 nitrogen and oxygen atoms in total. The number of nitrogens with one attached hydrogen (secondary N) is 2. The summed E-state index contributed by atoms with van der Waals surface area (Å²) in [5.41, 5.74) is 7.24. The molecule has 0 aromatic heterocycles. The molecule has 2 aromatic carbocycles. The number of methoxy groups -OCH3 is 2. The highest BCUT2D eigenvalue weighted by molar-refractivity contribution is 5.95. The number of hydrogen-bond donors (Lipinski definition) is 2. The molecule has 0 fully saturated rings. The Labute approximate surface area is 159 Å². The maximum atomic E-state index is 12.2. The number of carbonyl (C=O) groups is 2. The molecule has 0 atom stereocenters.